The Morgan fingerprint density at radius 1 is 1.29 bits per heavy atom. The van der Waals surface area contributed by atoms with Gasteiger partial charge in [0.2, 0.25) is 5.91 Å². The fraction of sp³-hybridized carbons (Fsp3) is 0.368. The molecule has 0 radical (unpaired) electrons. The molecule has 0 spiro atoms. The number of hydrogen-bond acceptors (Lipinski definition) is 4. The van der Waals surface area contributed by atoms with E-state index in [1.54, 1.807) is 11.9 Å². The molecule has 1 aliphatic rings. The first kappa shape index (κ1) is 15.0. The van der Waals surface area contributed by atoms with Crippen molar-refractivity contribution in [3.05, 3.63) is 53.6 Å². The average molecular weight is 324 g/mol. The zero-order chi connectivity index (χ0) is 16.7. The van der Waals surface area contributed by atoms with Crippen LogP contribution in [0.3, 0.4) is 0 Å². The van der Waals surface area contributed by atoms with Crippen LogP contribution in [-0.4, -0.2) is 23.0 Å². The van der Waals surface area contributed by atoms with E-state index in [0.29, 0.717) is 29.7 Å². The molecular formula is C19H20N2O3. The number of amides is 1. The third kappa shape index (κ3) is 2.82. The summed E-state index contributed by atoms with van der Waals surface area (Å²) in [6, 6.07) is 11.6. The number of hydrogen-bond donors (Lipinski definition) is 0. The molecule has 1 saturated carbocycles. The van der Waals surface area contributed by atoms with E-state index in [1.165, 1.54) is 6.42 Å². The van der Waals surface area contributed by atoms with Gasteiger partial charge in [0.15, 0.2) is 5.58 Å². The highest BCUT2D eigenvalue weighted by atomic mass is 16.5. The van der Waals surface area contributed by atoms with Gasteiger partial charge in [0, 0.05) is 18.4 Å². The lowest BCUT2D eigenvalue weighted by atomic mass is 10.1. The summed E-state index contributed by atoms with van der Waals surface area (Å²) in [5.74, 6) is 3.13. The molecule has 0 saturated heterocycles. The van der Waals surface area contributed by atoms with E-state index in [1.807, 2.05) is 36.4 Å². The van der Waals surface area contributed by atoms with Crippen LogP contribution in [0, 0.1) is 5.92 Å². The van der Waals surface area contributed by atoms with Crippen molar-refractivity contribution in [1.82, 2.24) is 10.1 Å². The molecule has 2 atom stereocenters. The minimum atomic E-state index is -0.00760. The van der Waals surface area contributed by atoms with Crippen molar-refractivity contribution < 1.29 is 13.7 Å². The zero-order valence-corrected chi connectivity index (χ0v) is 13.9. The van der Waals surface area contributed by atoms with E-state index in [4.69, 9.17) is 8.94 Å². The van der Waals surface area contributed by atoms with Gasteiger partial charge < -0.3 is 13.8 Å². The van der Waals surface area contributed by atoms with Gasteiger partial charge in [-0.25, -0.2) is 0 Å². The third-order valence-corrected chi connectivity index (χ3v) is 4.75. The molecule has 24 heavy (non-hydrogen) atoms. The van der Waals surface area contributed by atoms with Crippen LogP contribution < -0.4 is 0 Å². The lowest BCUT2D eigenvalue weighted by Gasteiger charge is -2.15. The van der Waals surface area contributed by atoms with E-state index in [-0.39, 0.29) is 12.3 Å². The topological polar surface area (TPSA) is 59.5 Å². The predicted molar refractivity (Wildman–Crippen MR) is 89.4 cm³/mol. The van der Waals surface area contributed by atoms with E-state index >= 15 is 0 Å². The van der Waals surface area contributed by atoms with E-state index in [9.17, 15) is 4.79 Å². The van der Waals surface area contributed by atoms with Crippen molar-refractivity contribution in [3.8, 4) is 0 Å². The number of nitrogens with zero attached hydrogens (tertiary/aromatic N) is 2. The summed E-state index contributed by atoms with van der Waals surface area (Å²) >= 11 is 0. The highest BCUT2D eigenvalue weighted by Crippen LogP contribution is 2.47. The van der Waals surface area contributed by atoms with Crippen LogP contribution in [0.4, 0.5) is 0 Å². The highest BCUT2D eigenvalue weighted by Gasteiger charge is 2.36. The van der Waals surface area contributed by atoms with Crippen molar-refractivity contribution in [2.45, 2.75) is 32.2 Å². The van der Waals surface area contributed by atoms with Crippen molar-refractivity contribution in [2.24, 2.45) is 5.92 Å². The van der Waals surface area contributed by atoms with Gasteiger partial charge in [-0.3, -0.25) is 4.79 Å². The smallest absolute Gasteiger partial charge is 0.228 e. The molecule has 1 fully saturated rings. The molecule has 5 heteroatoms. The molecule has 5 nitrogen and oxygen atoms in total. The first-order valence-corrected chi connectivity index (χ1v) is 8.27. The van der Waals surface area contributed by atoms with Crippen molar-refractivity contribution in [2.75, 3.05) is 7.05 Å². The van der Waals surface area contributed by atoms with Gasteiger partial charge in [-0.1, -0.05) is 24.2 Å². The summed E-state index contributed by atoms with van der Waals surface area (Å²) < 4.78 is 11.1. The molecular weight excluding hydrogens is 304 g/mol. The molecule has 0 aliphatic heterocycles. The monoisotopic (exact) mass is 324 g/mol. The van der Waals surface area contributed by atoms with Crippen LogP contribution in [0.1, 0.15) is 36.5 Å². The average Bonchev–Trinajstić information content (AvgIpc) is 2.99. The number of benzene rings is 1. The Kier molecular flexibility index (Phi) is 3.63. The molecule has 2 heterocycles. The van der Waals surface area contributed by atoms with Crippen LogP contribution in [0.15, 0.2) is 45.3 Å². The summed E-state index contributed by atoms with van der Waals surface area (Å²) in [5.41, 5.74) is 1.38. The molecule has 4 rings (SSSR count). The number of carbonyl (C=O) groups is 1. The van der Waals surface area contributed by atoms with Gasteiger partial charge in [0.1, 0.15) is 17.2 Å². The second-order valence-electron chi connectivity index (χ2n) is 6.68. The fourth-order valence-electron chi connectivity index (χ4n) is 3.06. The van der Waals surface area contributed by atoms with Gasteiger partial charge >= 0.3 is 0 Å². The third-order valence-electron chi connectivity index (χ3n) is 4.75. The van der Waals surface area contributed by atoms with Gasteiger partial charge in [-0.05, 0) is 36.6 Å². The highest BCUT2D eigenvalue weighted by molar-refractivity contribution is 5.86. The molecule has 1 aliphatic carbocycles. The summed E-state index contributed by atoms with van der Waals surface area (Å²) in [6.07, 6.45) is 1.42. The maximum atomic E-state index is 12.5. The molecule has 124 valence electrons. The molecule has 0 unspecified atom stereocenters. The molecule has 1 amide bonds. The Bertz CT molecular complexity index is 880. The van der Waals surface area contributed by atoms with Crippen LogP contribution in [0.2, 0.25) is 0 Å². The van der Waals surface area contributed by atoms with Crippen LogP contribution in [-0.2, 0) is 17.8 Å². The maximum absolute atomic E-state index is 12.5. The largest absolute Gasteiger partial charge is 0.464 e. The zero-order valence-electron chi connectivity index (χ0n) is 13.9. The molecule has 0 bridgehead atoms. The van der Waals surface area contributed by atoms with Gasteiger partial charge in [-0.2, -0.15) is 0 Å². The van der Waals surface area contributed by atoms with E-state index in [2.05, 4.69) is 12.1 Å². The normalized spacial score (nSPS) is 19.6. The molecule has 2 aromatic heterocycles. The second kappa shape index (κ2) is 5.82. The van der Waals surface area contributed by atoms with Gasteiger partial charge in [0.05, 0.1) is 13.0 Å². The Hall–Kier alpha value is -2.56. The number of furan rings is 1. The summed E-state index contributed by atoms with van der Waals surface area (Å²) in [7, 11) is 1.78. The fourth-order valence-corrected chi connectivity index (χ4v) is 3.06. The lowest BCUT2D eigenvalue weighted by Crippen LogP contribution is -2.27. The van der Waals surface area contributed by atoms with Crippen LogP contribution in [0.25, 0.3) is 11.0 Å². The van der Waals surface area contributed by atoms with Gasteiger partial charge in [-0.15, -0.1) is 0 Å². The van der Waals surface area contributed by atoms with Crippen molar-refractivity contribution in [1.29, 1.82) is 0 Å². The van der Waals surface area contributed by atoms with E-state index < -0.39 is 0 Å². The van der Waals surface area contributed by atoms with Crippen molar-refractivity contribution >= 4 is 16.9 Å². The first-order chi connectivity index (χ1) is 11.6. The second-order valence-corrected chi connectivity index (χ2v) is 6.68. The Balaban J connectivity index is 1.41. The Morgan fingerprint density at radius 3 is 2.88 bits per heavy atom. The van der Waals surface area contributed by atoms with Crippen molar-refractivity contribution in [3.63, 3.8) is 0 Å². The van der Waals surface area contributed by atoms with Gasteiger partial charge in [0.25, 0.3) is 0 Å². The van der Waals surface area contributed by atoms with Crippen LogP contribution >= 0.6 is 0 Å². The number of fused-ring (bicyclic) bond motifs is 1. The minimum absolute atomic E-state index is 0.00760. The summed E-state index contributed by atoms with van der Waals surface area (Å²) in [4.78, 5) is 14.1. The predicted octanol–water partition coefficient (Wildman–Crippen LogP) is 3.75. The van der Waals surface area contributed by atoms with E-state index in [0.717, 1.165) is 16.9 Å². The van der Waals surface area contributed by atoms with Crippen LogP contribution in [0.5, 0.6) is 0 Å². The summed E-state index contributed by atoms with van der Waals surface area (Å²) in [6.45, 7) is 2.69. The SMILES string of the molecule is C[C@H]1C[C@H]1c1ccc(CN(C)C(=O)Cc2noc3ccccc23)o1. The number of carbonyl (C=O) groups excluding carboxylic acids is 1. The molecule has 3 aromatic rings. The minimum Gasteiger partial charge on any atom is -0.464 e. The number of rotatable bonds is 5. The maximum Gasteiger partial charge on any atom is 0.228 e. The molecule has 0 N–H and O–H groups in total. The first-order valence-electron chi connectivity index (χ1n) is 8.27. The Morgan fingerprint density at radius 2 is 2.08 bits per heavy atom. The molecule has 1 aromatic carbocycles. The Labute approximate surface area is 140 Å². The number of aromatic nitrogens is 1. The number of para-hydroxylation sites is 1. The number of likely N-dealkylation sites (N-methyl/N-ethyl adjacent to an activating group) is 1. The quantitative estimate of drug-likeness (QED) is 0.717. The lowest BCUT2D eigenvalue weighted by molar-refractivity contribution is -0.130. The summed E-state index contributed by atoms with van der Waals surface area (Å²) in [5, 5.41) is 4.91. The standard InChI is InChI=1S/C19H20N2O3/c1-12-9-15(12)17-8-7-13(23-17)11-21(2)19(22)10-16-14-5-3-4-6-18(14)24-20-16/h3-8,12,15H,9-11H2,1-2H3/t12-,15+/m0/s1.